The SMILES string of the molecule is C[C@@H](Cn1cnnn1)Oc1cc(-c2cnc(Nc3cn([C@H]4CC[C@H](N5CCOCC5)CC4)nc3OCCC3(O)CCC3)nc2)ccc1C#N. The van der Waals surface area contributed by atoms with Gasteiger partial charge in [0.2, 0.25) is 5.95 Å². The molecule has 4 aromatic rings. The van der Waals surface area contributed by atoms with Crippen LogP contribution in [-0.4, -0.2) is 101 Å². The standard InChI is InChI=1S/C34H43N11O4/c1-24(21-44-23-38-41-42-44)49-31-17-25(3-4-26(31)18-35)27-19-36-33(37-20-27)39-30-22-45(40-32(30)48-14-11-34(46)9-2-10-34)29-7-5-28(6-8-29)43-12-15-47-16-13-43/h3-4,17,19-20,22-24,28-29,46H,2,5-16,21H2,1H3,(H,36,37,39)/t24-,28-,29-/m0/s1. The van der Waals surface area contributed by atoms with Crippen LogP contribution in [0.2, 0.25) is 0 Å². The first-order valence-electron chi connectivity index (χ1n) is 17.2. The third-order valence-corrected chi connectivity index (χ3v) is 9.89. The molecule has 1 aromatic carbocycles. The number of hydrogen-bond acceptors (Lipinski definition) is 13. The van der Waals surface area contributed by atoms with E-state index in [1.54, 1.807) is 23.1 Å². The summed E-state index contributed by atoms with van der Waals surface area (Å²) in [5.74, 6) is 1.35. The van der Waals surface area contributed by atoms with Crippen molar-refractivity contribution in [1.29, 1.82) is 5.26 Å². The molecule has 0 bridgehead atoms. The maximum atomic E-state index is 10.6. The van der Waals surface area contributed by atoms with E-state index in [9.17, 15) is 10.4 Å². The van der Waals surface area contributed by atoms with Crippen LogP contribution in [0.3, 0.4) is 0 Å². The van der Waals surface area contributed by atoms with E-state index < -0.39 is 5.60 Å². The molecule has 3 aromatic heterocycles. The number of aromatic nitrogens is 8. The first-order chi connectivity index (χ1) is 23.9. The van der Waals surface area contributed by atoms with E-state index in [2.05, 4.69) is 41.8 Å². The van der Waals surface area contributed by atoms with Crippen LogP contribution in [0.4, 0.5) is 11.6 Å². The minimum Gasteiger partial charge on any atom is -0.487 e. The fraction of sp³-hybridized carbons (Fsp3) is 0.559. The maximum Gasteiger partial charge on any atom is 0.256 e. The molecule has 1 aliphatic heterocycles. The number of nitriles is 1. The first-order valence-corrected chi connectivity index (χ1v) is 17.2. The Balaban J connectivity index is 1.04. The Morgan fingerprint density at radius 2 is 1.88 bits per heavy atom. The Labute approximate surface area is 285 Å². The Bertz CT molecular complexity index is 1700. The van der Waals surface area contributed by atoms with Gasteiger partial charge >= 0.3 is 0 Å². The molecule has 258 valence electrons. The van der Waals surface area contributed by atoms with Gasteiger partial charge in [0.25, 0.3) is 5.88 Å². The van der Waals surface area contributed by atoms with Gasteiger partial charge in [-0.05, 0) is 80.0 Å². The summed E-state index contributed by atoms with van der Waals surface area (Å²) in [5.41, 5.74) is 2.07. The third-order valence-electron chi connectivity index (χ3n) is 9.89. The third kappa shape index (κ3) is 7.98. The molecule has 1 saturated heterocycles. The van der Waals surface area contributed by atoms with Crippen LogP contribution in [0.25, 0.3) is 11.1 Å². The van der Waals surface area contributed by atoms with E-state index in [1.165, 1.54) is 6.33 Å². The average Bonchev–Trinajstić information content (AvgIpc) is 3.78. The highest BCUT2D eigenvalue weighted by atomic mass is 16.5. The van der Waals surface area contributed by atoms with E-state index in [-0.39, 0.29) is 12.1 Å². The summed E-state index contributed by atoms with van der Waals surface area (Å²) in [4.78, 5) is 11.8. The van der Waals surface area contributed by atoms with E-state index in [0.717, 1.165) is 82.4 Å². The molecular weight excluding hydrogens is 626 g/mol. The Kier molecular flexibility index (Phi) is 9.97. The van der Waals surface area contributed by atoms with E-state index >= 15 is 0 Å². The number of nitrogens with one attached hydrogen (secondary N) is 1. The highest BCUT2D eigenvalue weighted by Crippen LogP contribution is 2.37. The van der Waals surface area contributed by atoms with Crippen molar-refractivity contribution < 1.29 is 19.3 Å². The molecule has 0 radical (unpaired) electrons. The lowest BCUT2D eigenvalue weighted by atomic mass is 9.78. The van der Waals surface area contributed by atoms with Crippen molar-refractivity contribution in [3.63, 3.8) is 0 Å². The van der Waals surface area contributed by atoms with Gasteiger partial charge < -0.3 is 24.6 Å². The summed E-state index contributed by atoms with van der Waals surface area (Å²) >= 11 is 0. The predicted molar refractivity (Wildman–Crippen MR) is 178 cm³/mol. The lowest BCUT2D eigenvalue weighted by molar-refractivity contribution is -0.0485. The van der Waals surface area contributed by atoms with Crippen molar-refractivity contribution >= 4 is 11.6 Å². The van der Waals surface area contributed by atoms with Crippen molar-refractivity contribution in [2.75, 3.05) is 38.2 Å². The largest absolute Gasteiger partial charge is 0.487 e. The molecular formula is C34H43N11O4. The molecule has 2 aliphatic carbocycles. The number of ether oxygens (including phenoxy) is 3. The number of morpholine rings is 1. The van der Waals surface area contributed by atoms with Crippen molar-refractivity contribution in [3.05, 3.63) is 48.7 Å². The van der Waals surface area contributed by atoms with Crippen molar-refractivity contribution in [2.24, 2.45) is 0 Å². The molecule has 4 heterocycles. The lowest BCUT2D eigenvalue weighted by Gasteiger charge is -2.38. The molecule has 2 N–H and O–H groups in total. The number of nitrogens with zero attached hydrogens (tertiary/aromatic N) is 10. The summed E-state index contributed by atoms with van der Waals surface area (Å²) in [6.07, 6.45) is 14.3. The molecule has 1 atom stereocenters. The second kappa shape index (κ2) is 14.9. The second-order valence-electron chi connectivity index (χ2n) is 13.3. The zero-order valence-corrected chi connectivity index (χ0v) is 27.8. The van der Waals surface area contributed by atoms with Gasteiger partial charge in [0.1, 0.15) is 29.9 Å². The predicted octanol–water partition coefficient (Wildman–Crippen LogP) is 3.91. The van der Waals surface area contributed by atoms with Crippen LogP contribution in [0, 0.1) is 11.3 Å². The molecule has 0 amide bonds. The van der Waals surface area contributed by atoms with E-state index in [1.807, 2.05) is 29.9 Å². The van der Waals surface area contributed by atoms with Gasteiger partial charge in [0.15, 0.2) is 0 Å². The molecule has 15 nitrogen and oxygen atoms in total. The van der Waals surface area contributed by atoms with Gasteiger partial charge in [-0.3, -0.25) is 9.58 Å². The molecule has 0 spiro atoms. The van der Waals surface area contributed by atoms with Gasteiger partial charge in [-0.15, -0.1) is 10.2 Å². The number of hydrogen-bond donors (Lipinski definition) is 2. The Morgan fingerprint density at radius 3 is 2.57 bits per heavy atom. The Morgan fingerprint density at radius 1 is 1.10 bits per heavy atom. The zero-order valence-electron chi connectivity index (χ0n) is 27.8. The maximum absolute atomic E-state index is 10.6. The van der Waals surface area contributed by atoms with Crippen LogP contribution in [0.1, 0.15) is 69.9 Å². The Hall–Kier alpha value is -4.65. The minimum atomic E-state index is -0.629. The summed E-state index contributed by atoms with van der Waals surface area (Å²) < 4.78 is 21.4. The van der Waals surface area contributed by atoms with E-state index in [4.69, 9.17) is 19.3 Å². The van der Waals surface area contributed by atoms with Crippen LogP contribution in [-0.2, 0) is 11.3 Å². The molecule has 3 fully saturated rings. The van der Waals surface area contributed by atoms with Gasteiger partial charge in [-0.25, -0.2) is 14.6 Å². The molecule has 0 unspecified atom stereocenters. The fourth-order valence-corrected chi connectivity index (χ4v) is 6.89. The van der Waals surface area contributed by atoms with Gasteiger partial charge in [0, 0.05) is 43.5 Å². The number of rotatable bonds is 13. The minimum absolute atomic E-state index is 0.276. The average molecular weight is 670 g/mol. The molecule has 3 aliphatic rings. The molecule has 49 heavy (non-hydrogen) atoms. The molecule has 7 rings (SSSR count). The number of benzene rings is 1. The number of aliphatic hydroxyl groups is 1. The normalized spacial score (nSPS) is 21.3. The van der Waals surface area contributed by atoms with Crippen LogP contribution in [0.15, 0.2) is 43.1 Å². The fourth-order valence-electron chi connectivity index (χ4n) is 6.89. The van der Waals surface area contributed by atoms with Crippen molar-refractivity contribution in [3.8, 4) is 28.8 Å². The quantitative estimate of drug-likeness (QED) is 0.210. The van der Waals surface area contributed by atoms with Crippen LogP contribution >= 0.6 is 0 Å². The smallest absolute Gasteiger partial charge is 0.256 e. The second-order valence-corrected chi connectivity index (χ2v) is 13.3. The monoisotopic (exact) mass is 669 g/mol. The van der Waals surface area contributed by atoms with Gasteiger partial charge in [-0.2, -0.15) is 5.26 Å². The zero-order chi connectivity index (χ0) is 33.6. The molecule has 15 heteroatoms. The summed E-state index contributed by atoms with van der Waals surface area (Å²) in [5, 5.41) is 39.7. The lowest BCUT2D eigenvalue weighted by Crippen LogP contribution is -2.45. The highest BCUT2D eigenvalue weighted by molar-refractivity contribution is 5.67. The van der Waals surface area contributed by atoms with Gasteiger partial charge in [0.05, 0.1) is 49.8 Å². The summed E-state index contributed by atoms with van der Waals surface area (Å²) in [6, 6.07) is 8.47. The summed E-state index contributed by atoms with van der Waals surface area (Å²) in [7, 11) is 0. The van der Waals surface area contributed by atoms with Gasteiger partial charge in [-0.1, -0.05) is 6.07 Å². The van der Waals surface area contributed by atoms with E-state index in [0.29, 0.717) is 54.4 Å². The first kappa shape index (κ1) is 32.9. The van der Waals surface area contributed by atoms with Crippen molar-refractivity contribution in [1.82, 2.24) is 44.9 Å². The summed E-state index contributed by atoms with van der Waals surface area (Å²) in [6.45, 7) is 6.36. The number of tetrazole rings is 1. The topological polar surface area (TPSA) is 174 Å². The highest BCUT2D eigenvalue weighted by Gasteiger charge is 2.34. The number of anilines is 2. The molecule has 2 saturated carbocycles. The van der Waals surface area contributed by atoms with Crippen LogP contribution < -0.4 is 14.8 Å². The van der Waals surface area contributed by atoms with Crippen LogP contribution in [0.5, 0.6) is 11.6 Å². The van der Waals surface area contributed by atoms with Crippen molar-refractivity contribution in [2.45, 2.75) is 88.6 Å².